The molecular formula is C15H27NO2. The molecule has 3 fully saturated rings. The van der Waals surface area contributed by atoms with Crippen LogP contribution in [0.15, 0.2) is 0 Å². The van der Waals surface area contributed by atoms with Gasteiger partial charge in [-0.1, -0.05) is 26.7 Å². The largest absolute Gasteiger partial charge is 0.481 e. The number of carboxylic acids is 1. The Morgan fingerprint density at radius 3 is 2.72 bits per heavy atom. The van der Waals surface area contributed by atoms with Gasteiger partial charge in [0.05, 0.1) is 0 Å². The Morgan fingerprint density at radius 2 is 2.11 bits per heavy atom. The fourth-order valence-corrected chi connectivity index (χ4v) is 3.79. The molecule has 3 heteroatoms. The van der Waals surface area contributed by atoms with Crippen molar-refractivity contribution in [3.63, 3.8) is 0 Å². The van der Waals surface area contributed by atoms with Crippen molar-refractivity contribution < 1.29 is 9.90 Å². The Balaban J connectivity index is 1.73. The molecule has 0 unspecified atom stereocenters. The topological polar surface area (TPSA) is 40.5 Å². The molecule has 0 radical (unpaired) electrons. The molecule has 18 heavy (non-hydrogen) atoms. The summed E-state index contributed by atoms with van der Waals surface area (Å²) in [6.45, 7) is 6.96. The van der Waals surface area contributed by atoms with Gasteiger partial charge in [-0.15, -0.1) is 0 Å². The molecule has 1 saturated carbocycles. The van der Waals surface area contributed by atoms with Crippen LogP contribution < -0.4 is 0 Å². The third-order valence-electron chi connectivity index (χ3n) is 4.75. The van der Waals surface area contributed by atoms with Crippen molar-refractivity contribution in [2.24, 2.45) is 11.8 Å². The van der Waals surface area contributed by atoms with E-state index in [0.29, 0.717) is 6.42 Å². The molecule has 0 aromatic rings. The Bertz CT molecular complexity index is 295. The van der Waals surface area contributed by atoms with Crippen LogP contribution in [-0.2, 0) is 4.79 Å². The van der Waals surface area contributed by atoms with Crippen LogP contribution in [-0.4, -0.2) is 34.6 Å². The Labute approximate surface area is 111 Å². The van der Waals surface area contributed by atoms with Gasteiger partial charge in [-0.05, 0) is 44.1 Å². The summed E-state index contributed by atoms with van der Waals surface area (Å²) < 4.78 is 0. The summed E-state index contributed by atoms with van der Waals surface area (Å²) in [6, 6.07) is 0. The van der Waals surface area contributed by atoms with Gasteiger partial charge in [0.2, 0.25) is 0 Å². The molecule has 2 saturated heterocycles. The number of hydrogen-bond acceptors (Lipinski definition) is 2. The summed E-state index contributed by atoms with van der Waals surface area (Å²) in [4.78, 5) is 13.3. The molecule has 3 aliphatic rings. The Hall–Kier alpha value is -0.570. The van der Waals surface area contributed by atoms with Crippen molar-refractivity contribution in [1.29, 1.82) is 0 Å². The van der Waals surface area contributed by atoms with Gasteiger partial charge >= 0.3 is 5.97 Å². The lowest BCUT2D eigenvalue weighted by Crippen LogP contribution is -2.46. The molecule has 1 aliphatic carbocycles. The van der Waals surface area contributed by atoms with E-state index in [9.17, 15) is 4.79 Å². The van der Waals surface area contributed by atoms with Crippen molar-refractivity contribution in [2.75, 3.05) is 13.1 Å². The van der Waals surface area contributed by atoms with Gasteiger partial charge in [-0.3, -0.25) is 9.69 Å². The molecular weight excluding hydrogens is 226 g/mol. The second-order valence-corrected chi connectivity index (χ2v) is 6.73. The quantitative estimate of drug-likeness (QED) is 0.676. The summed E-state index contributed by atoms with van der Waals surface area (Å²) in [6.07, 6.45) is 7.63. The first-order valence-corrected chi connectivity index (χ1v) is 7.49. The number of aliphatic carboxylic acids is 1. The van der Waals surface area contributed by atoms with Crippen molar-refractivity contribution in [1.82, 2.24) is 4.90 Å². The highest BCUT2D eigenvalue weighted by atomic mass is 16.4. The van der Waals surface area contributed by atoms with E-state index in [1.165, 1.54) is 45.2 Å². The standard InChI is InChI=1S/C15H27NO2/c1-12(2)5-3-4-8-16-11-13-9-15(16,10-13)7-6-14(17)18/h12-13H,3-11H2,1-2H3,(H,17,18). The Kier molecular flexibility index (Phi) is 4.31. The predicted molar refractivity (Wildman–Crippen MR) is 72.6 cm³/mol. The van der Waals surface area contributed by atoms with Gasteiger partial charge in [-0.25, -0.2) is 0 Å². The minimum Gasteiger partial charge on any atom is -0.481 e. The van der Waals surface area contributed by atoms with E-state index in [2.05, 4.69) is 18.7 Å². The molecule has 0 atom stereocenters. The smallest absolute Gasteiger partial charge is 0.303 e. The molecule has 0 amide bonds. The first-order valence-electron chi connectivity index (χ1n) is 7.49. The van der Waals surface area contributed by atoms with Gasteiger partial charge in [0.1, 0.15) is 0 Å². The van der Waals surface area contributed by atoms with Gasteiger partial charge in [0, 0.05) is 18.5 Å². The van der Waals surface area contributed by atoms with Crippen LogP contribution in [0.25, 0.3) is 0 Å². The molecule has 2 aliphatic heterocycles. The second-order valence-electron chi connectivity index (χ2n) is 6.73. The minimum atomic E-state index is -0.639. The molecule has 1 N–H and O–H groups in total. The third-order valence-corrected chi connectivity index (χ3v) is 4.75. The van der Waals surface area contributed by atoms with Crippen LogP contribution in [0.2, 0.25) is 0 Å². The molecule has 2 bridgehead atoms. The number of hydrogen-bond donors (Lipinski definition) is 1. The molecule has 2 heterocycles. The summed E-state index contributed by atoms with van der Waals surface area (Å²) >= 11 is 0. The Morgan fingerprint density at radius 1 is 1.39 bits per heavy atom. The average molecular weight is 253 g/mol. The minimum absolute atomic E-state index is 0.279. The van der Waals surface area contributed by atoms with E-state index in [1.54, 1.807) is 0 Å². The number of nitrogens with zero attached hydrogens (tertiary/aromatic N) is 1. The van der Waals surface area contributed by atoms with Crippen LogP contribution in [0.5, 0.6) is 0 Å². The maximum Gasteiger partial charge on any atom is 0.303 e. The van der Waals surface area contributed by atoms with Gasteiger partial charge < -0.3 is 5.11 Å². The van der Waals surface area contributed by atoms with E-state index in [0.717, 1.165) is 18.3 Å². The maximum absolute atomic E-state index is 10.7. The van der Waals surface area contributed by atoms with Crippen LogP contribution in [0.4, 0.5) is 0 Å². The van der Waals surface area contributed by atoms with Crippen molar-refractivity contribution in [2.45, 2.75) is 64.3 Å². The molecule has 104 valence electrons. The lowest BCUT2D eigenvalue weighted by molar-refractivity contribution is -0.138. The number of fused-ring (bicyclic) bond motifs is 1. The second kappa shape index (κ2) is 5.60. The van der Waals surface area contributed by atoms with E-state index in [4.69, 9.17) is 5.11 Å². The molecule has 3 nitrogen and oxygen atoms in total. The van der Waals surface area contributed by atoms with E-state index in [1.807, 2.05) is 0 Å². The van der Waals surface area contributed by atoms with Gasteiger partial charge in [0.25, 0.3) is 0 Å². The highest BCUT2D eigenvalue weighted by molar-refractivity contribution is 5.66. The van der Waals surface area contributed by atoms with Crippen LogP contribution in [0.1, 0.15) is 58.8 Å². The van der Waals surface area contributed by atoms with Crippen molar-refractivity contribution in [3.8, 4) is 0 Å². The highest BCUT2D eigenvalue weighted by Gasteiger charge is 2.54. The summed E-state index contributed by atoms with van der Waals surface area (Å²) in [5.74, 6) is 1.03. The highest BCUT2D eigenvalue weighted by Crippen LogP contribution is 2.52. The van der Waals surface area contributed by atoms with E-state index in [-0.39, 0.29) is 5.54 Å². The number of rotatable bonds is 8. The number of carbonyl (C=O) groups is 1. The lowest BCUT2D eigenvalue weighted by Gasteiger charge is -2.42. The number of unbranched alkanes of at least 4 members (excludes halogenated alkanes) is 1. The van der Waals surface area contributed by atoms with Crippen LogP contribution >= 0.6 is 0 Å². The predicted octanol–water partition coefficient (Wildman–Crippen LogP) is 3.14. The number of carboxylic acid groups (broad SMARTS) is 1. The van der Waals surface area contributed by atoms with Gasteiger partial charge in [0.15, 0.2) is 0 Å². The summed E-state index contributed by atoms with van der Waals surface area (Å²) in [5, 5.41) is 8.85. The van der Waals surface area contributed by atoms with Crippen LogP contribution in [0.3, 0.4) is 0 Å². The fourth-order valence-electron chi connectivity index (χ4n) is 3.79. The molecule has 0 aromatic carbocycles. The summed E-state index contributed by atoms with van der Waals surface area (Å²) in [5.41, 5.74) is 0.279. The zero-order chi connectivity index (χ0) is 13.2. The molecule has 0 spiro atoms. The van der Waals surface area contributed by atoms with E-state index < -0.39 is 5.97 Å². The first-order chi connectivity index (χ1) is 8.52. The van der Waals surface area contributed by atoms with E-state index >= 15 is 0 Å². The zero-order valence-corrected chi connectivity index (χ0v) is 11.8. The monoisotopic (exact) mass is 253 g/mol. The van der Waals surface area contributed by atoms with Crippen molar-refractivity contribution in [3.05, 3.63) is 0 Å². The fraction of sp³-hybridized carbons (Fsp3) is 0.933. The normalized spacial score (nSPS) is 30.7. The SMILES string of the molecule is CC(C)CCCCN1CC2CC1(CCC(=O)O)C2. The molecule has 3 rings (SSSR count). The van der Waals surface area contributed by atoms with Gasteiger partial charge in [-0.2, -0.15) is 0 Å². The third kappa shape index (κ3) is 3.05. The van der Waals surface area contributed by atoms with Crippen molar-refractivity contribution >= 4 is 5.97 Å². The summed E-state index contributed by atoms with van der Waals surface area (Å²) in [7, 11) is 0. The lowest BCUT2D eigenvalue weighted by atomic mass is 9.70. The average Bonchev–Trinajstić information content (AvgIpc) is 2.74. The first kappa shape index (κ1) is 13.9. The zero-order valence-electron chi connectivity index (χ0n) is 11.8. The van der Waals surface area contributed by atoms with Crippen LogP contribution in [0, 0.1) is 11.8 Å². The molecule has 0 aromatic heterocycles. The maximum atomic E-state index is 10.7.